The van der Waals surface area contributed by atoms with E-state index in [4.69, 9.17) is 11.6 Å². The largest absolute Gasteiger partial charge is 0.304 e. The highest BCUT2D eigenvalue weighted by molar-refractivity contribution is 6.63. The first-order valence-electron chi connectivity index (χ1n) is 6.76. The van der Waals surface area contributed by atoms with Crippen LogP contribution in [-0.4, -0.2) is 29.8 Å². The molecule has 0 amide bonds. The summed E-state index contributed by atoms with van der Waals surface area (Å²) in [6, 6.07) is 9.78. The zero-order chi connectivity index (χ0) is 14.5. The topological polar surface area (TPSA) is 20.3 Å². The molecule has 0 atom stereocenters. The maximum Gasteiger partial charge on any atom is 0.225 e. The first-order chi connectivity index (χ1) is 9.13. The molecule has 0 aromatic heterocycles. The van der Waals surface area contributed by atoms with Gasteiger partial charge in [0.1, 0.15) is 0 Å². The minimum atomic E-state index is -0.331. The SMILES string of the molecule is CCN(CC)CC.O=C(Cl)C/C=C/c1ccccc1. The van der Waals surface area contributed by atoms with E-state index in [1.807, 2.05) is 36.4 Å². The van der Waals surface area contributed by atoms with Gasteiger partial charge in [0.05, 0.1) is 0 Å². The Hall–Kier alpha value is -1.12. The molecule has 0 saturated heterocycles. The third kappa shape index (κ3) is 10.5. The average Bonchev–Trinajstić information content (AvgIpc) is 2.42. The molecule has 1 rings (SSSR count). The molecule has 0 radical (unpaired) electrons. The lowest BCUT2D eigenvalue weighted by Gasteiger charge is -2.13. The first kappa shape index (κ1) is 17.9. The molecule has 0 aliphatic carbocycles. The Kier molecular flexibility index (Phi) is 11.2. The minimum Gasteiger partial charge on any atom is -0.304 e. The number of halogens is 1. The van der Waals surface area contributed by atoms with Crippen LogP contribution in [0.25, 0.3) is 6.08 Å². The van der Waals surface area contributed by atoms with Crippen molar-refractivity contribution in [2.45, 2.75) is 27.2 Å². The van der Waals surface area contributed by atoms with Crippen molar-refractivity contribution in [3.05, 3.63) is 42.0 Å². The van der Waals surface area contributed by atoms with Gasteiger partial charge in [0.15, 0.2) is 0 Å². The number of hydrogen-bond acceptors (Lipinski definition) is 2. The zero-order valence-electron chi connectivity index (χ0n) is 12.1. The summed E-state index contributed by atoms with van der Waals surface area (Å²) in [4.78, 5) is 12.7. The molecular weight excluding hydrogens is 258 g/mol. The minimum absolute atomic E-state index is 0.288. The van der Waals surface area contributed by atoms with Crippen molar-refractivity contribution >= 4 is 22.9 Å². The van der Waals surface area contributed by atoms with E-state index in [1.165, 1.54) is 19.6 Å². The zero-order valence-corrected chi connectivity index (χ0v) is 12.9. The van der Waals surface area contributed by atoms with Crippen LogP contribution in [-0.2, 0) is 4.79 Å². The van der Waals surface area contributed by atoms with Gasteiger partial charge in [-0.15, -0.1) is 0 Å². The Labute approximate surface area is 122 Å². The fourth-order valence-corrected chi connectivity index (χ4v) is 1.61. The summed E-state index contributed by atoms with van der Waals surface area (Å²) in [6.45, 7) is 10.1. The van der Waals surface area contributed by atoms with E-state index < -0.39 is 0 Å². The maximum absolute atomic E-state index is 10.3. The predicted molar refractivity (Wildman–Crippen MR) is 84.4 cm³/mol. The van der Waals surface area contributed by atoms with Gasteiger partial charge in [-0.1, -0.05) is 63.3 Å². The monoisotopic (exact) mass is 281 g/mol. The molecule has 19 heavy (non-hydrogen) atoms. The van der Waals surface area contributed by atoms with Crippen LogP contribution in [0.4, 0.5) is 0 Å². The van der Waals surface area contributed by atoms with Crippen molar-refractivity contribution in [3.63, 3.8) is 0 Å². The van der Waals surface area contributed by atoms with Gasteiger partial charge in [-0.2, -0.15) is 0 Å². The highest BCUT2D eigenvalue weighted by Crippen LogP contribution is 2.02. The lowest BCUT2D eigenvalue weighted by atomic mass is 10.2. The molecular formula is C16H24ClNO. The lowest BCUT2D eigenvalue weighted by molar-refractivity contribution is -0.110. The smallest absolute Gasteiger partial charge is 0.225 e. The third-order valence-corrected chi connectivity index (χ3v) is 2.88. The number of benzene rings is 1. The fraction of sp³-hybridized carbons (Fsp3) is 0.438. The van der Waals surface area contributed by atoms with Crippen molar-refractivity contribution in [3.8, 4) is 0 Å². The summed E-state index contributed by atoms with van der Waals surface area (Å²) < 4.78 is 0. The molecule has 0 heterocycles. The van der Waals surface area contributed by atoms with E-state index in [1.54, 1.807) is 6.08 Å². The number of nitrogens with zero attached hydrogens (tertiary/aromatic N) is 1. The molecule has 0 N–H and O–H groups in total. The van der Waals surface area contributed by atoms with Gasteiger partial charge in [0.25, 0.3) is 0 Å². The van der Waals surface area contributed by atoms with Crippen molar-refractivity contribution in [1.82, 2.24) is 4.90 Å². The standard InChI is InChI=1S/C10H9ClO.C6H15N/c11-10(12)8-4-7-9-5-2-1-3-6-9;1-4-7(5-2)6-3/h1-7H,8H2;4-6H2,1-3H3/b7-4+;. The summed E-state index contributed by atoms with van der Waals surface area (Å²) in [6.07, 6.45) is 3.92. The van der Waals surface area contributed by atoms with Crippen molar-refractivity contribution in [2.75, 3.05) is 19.6 Å². The summed E-state index contributed by atoms with van der Waals surface area (Å²) in [5.41, 5.74) is 1.08. The molecule has 0 aliphatic rings. The molecule has 3 heteroatoms. The molecule has 0 saturated carbocycles. The summed E-state index contributed by atoms with van der Waals surface area (Å²) in [5, 5.41) is -0.331. The number of carbonyl (C=O) groups excluding carboxylic acids is 1. The predicted octanol–water partition coefficient (Wildman–Crippen LogP) is 4.20. The second-order valence-electron chi connectivity index (χ2n) is 3.99. The molecule has 106 valence electrons. The third-order valence-electron chi connectivity index (χ3n) is 2.73. The molecule has 0 bridgehead atoms. The molecule has 0 fully saturated rings. The van der Waals surface area contributed by atoms with Gasteiger partial charge in [-0.3, -0.25) is 4.79 Å². The van der Waals surface area contributed by atoms with Gasteiger partial charge < -0.3 is 4.90 Å². The van der Waals surface area contributed by atoms with E-state index in [0.29, 0.717) is 0 Å². The van der Waals surface area contributed by atoms with Gasteiger partial charge in [0, 0.05) is 6.42 Å². The fourth-order valence-electron chi connectivity index (χ4n) is 1.52. The Morgan fingerprint density at radius 3 is 2.00 bits per heavy atom. The molecule has 1 aromatic carbocycles. The van der Waals surface area contributed by atoms with Crippen LogP contribution in [0.15, 0.2) is 36.4 Å². The molecule has 0 spiro atoms. The Morgan fingerprint density at radius 2 is 1.63 bits per heavy atom. The van der Waals surface area contributed by atoms with Crippen LogP contribution in [0, 0.1) is 0 Å². The van der Waals surface area contributed by atoms with Crippen molar-refractivity contribution < 1.29 is 4.79 Å². The highest BCUT2D eigenvalue weighted by Gasteiger charge is 1.89. The molecule has 0 aliphatic heterocycles. The molecule has 0 unspecified atom stereocenters. The van der Waals surface area contributed by atoms with E-state index in [2.05, 4.69) is 25.7 Å². The average molecular weight is 282 g/mol. The van der Waals surface area contributed by atoms with E-state index in [9.17, 15) is 4.79 Å². The summed E-state index contributed by atoms with van der Waals surface area (Å²) >= 11 is 5.15. The van der Waals surface area contributed by atoms with E-state index in [-0.39, 0.29) is 11.7 Å². The van der Waals surface area contributed by atoms with Crippen LogP contribution in [0.1, 0.15) is 32.8 Å². The number of allylic oxidation sites excluding steroid dienone is 1. The Bertz CT molecular complexity index is 353. The summed E-state index contributed by atoms with van der Waals surface area (Å²) in [5.74, 6) is 0. The highest BCUT2D eigenvalue weighted by atomic mass is 35.5. The lowest BCUT2D eigenvalue weighted by Crippen LogP contribution is -2.21. The van der Waals surface area contributed by atoms with E-state index in [0.717, 1.165) is 5.56 Å². The van der Waals surface area contributed by atoms with Crippen LogP contribution < -0.4 is 0 Å². The maximum atomic E-state index is 10.3. The second kappa shape index (κ2) is 11.9. The number of hydrogen-bond donors (Lipinski definition) is 0. The van der Waals surface area contributed by atoms with Gasteiger partial charge in [-0.25, -0.2) is 0 Å². The van der Waals surface area contributed by atoms with Crippen LogP contribution in [0.5, 0.6) is 0 Å². The summed E-state index contributed by atoms with van der Waals surface area (Å²) in [7, 11) is 0. The van der Waals surface area contributed by atoms with Crippen LogP contribution in [0.2, 0.25) is 0 Å². The van der Waals surface area contributed by atoms with Gasteiger partial charge in [0.2, 0.25) is 5.24 Å². The first-order valence-corrected chi connectivity index (χ1v) is 7.14. The quantitative estimate of drug-likeness (QED) is 0.728. The van der Waals surface area contributed by atoms with E-state index >= 15 is 0 Å². The van der Waals surface area contributed by atoms with Crippen molar-refractivity contribution in [1.29, 1.82) is 0 Å². The van der Waals surface area contributed by atoms with Gasteiger partial charge >= 0.3 is 0 Å². The van der Waals surface area contributed by atoms with Gasteiger partial charge in [-0.05, 0) is 36.8 Å². The number of rotatable bonds is 6. The number of carbonyl (C=O) groups is 1. The van der Waals surface area contributed by atoms with Crippen LogP contribution in [0.3, 0.4) is 0 Å². The van der Waals surface area contributed by atoms with Crippen LogP contribution >= 0.6 is 11.6 Å². The second-order valence-corrected chi connectivity index (χ2v) is 4.41. The molecule has 1 aromatic rings. The Morgan fingerprint density at radius 1 is 1.11 bits per heavy atom. The normalized spacial score (nSPS) is 10.4. The Balaban J connectivity index is 0.000000399. The van der Waals surface area contributed by atoms with Crippen molar-refractivity contribution in [2.24, 2.45) is 0 Å². The molecule has 2 nitrogen and oxygen atoms in total.